The zero-order valence-corrected chi connectivity index (χ0v) is 17.6. The van der Waals surface area contributed by atoms with Gasteiger partial charge in [-0.3, -0.25) is 14.3 Å². The average molecular weight is 412 g/mol. The number of rotatable bonds is 7. The van der Waals surface area contributed by atoms with Crippen molar-refractivity contribution in [3.63, 3.8) is 0 Å². The van der Waals surface area contributed by atoms with Gasteiger partial charge in [0.1, 0.15) is 6.10 Å². The third kappa shape index (κ3) is 5.17. The van der Waals surface area contributed by atoms with E-state index in [2.05, 4.69) is 15.4 Å². The molecule has 0 atom stereocenters. The molecule has 2 amide bonds. The number of anilines is 1. The molecule has 4 rings (SSSR count). The van der Waals surface area contributed by atoms with Crippen molar-refractivity contribution in [1.29, 1.82) is 0 Å². The second kappa shape index (κ2) is 8.85. The van der Waals surface area contributed by atoms with E-state index in [4.69, 9.17) is 4.74 Å². The van der Waals surface area contributed by atoms with Crippen LogP contribution in [-0.2, 0) is 16.1 Å². The summed E-state index contributed by atoms with van der Waals surface area (Å²) in [5.41, 5.74) is 2.75. The van der Waals surface area contributed by atoms with Gasteiger partial charge in [0.2, 0.25) is 17.7 Å². The fraction of sp³-hybridized carbons (Fsp3) is 0.545. The third-order valence-corrected chi connectivity index (χ3v) is 5.67. The van der Waals surface area contributed by atoms with Crippen LogP contribution in [0, 0.1) is 19.8 Å². The van der Waals surface area contributed by atoms with Crippen molar-refractivity contribution in [3.8, 4) is 5.88 Å². The van der Waals surface area contributed by atoms with Crippen molar-refractivity contribution in [1.82, 2.24) is 19.7 Å². The van der Waals surface area contributed by atoms with Gasteiger partial charge in [-0.05, 0) is 38.8 Å². The number of nitrogens with zero attached hydrogens (tertiary/aromatic N) is 4. The molecule has 3 heterocycles. The van der Waals surface area contributed by atoms with Gasteiger partial charge in [-0.1, -0.05) is 0 Å². The number of nitrogens with one attached hydrogen (secondary N) is 1. The van der Waals surface area contributed by atoms with Gasteiger partial charge in [-0.25, -0.2) is 4.98 Å². The van der Waals surface area contributed by atoms with E-state index in [1.807, 2.05) is 35.6 Å². The Hall–Kier alpha value is -2.90. The molecule has 160 valence electrons. The molecule has 2 aliphatic rings. The lowest BCUT2D eigenvalue weighted by molar-refractivity contribution is -0.133. The van der Waals surface area contributed by atoms with Gasteiger partial charge < -0.3 is 15.0 Å². The summed E-state index contributed by atoms with van der Waals surface area (Å²) in [4.78, 5) is 30.5. The van der Waals surface area contributed by atoms with Gasteiger partial charge in [-0.15, -0.1) is 0 Å². The minimum atomic E-state index is 0.0458. The van der Waals surface area contributed by atoms with Gasteiger partial charge in [0.05, 0.1) is 17.6 Å². The molecule has 0 spiro atoms. The van der Waals surface area contributed by atoms with Crippen molar-refractivity contribution in [2.75, 3.05) is 18.4 Å². The van der Waals surface area contributed by atoms with Crippen LogP contribution >= 0.6 is 0 Å². The summed E-state index contributed by atoms with van der Waals surface area (Å²) >= 11 is 0. The number of piperidine rings is 1. The minimum Gasteiger partial charge on any atom is -0.474 e. The van der Waals surface area contributed by atoms with E-state index >= 15 is 0 Å². The molecule has 8 heteroatoms. The molecule has 1 aliphatic carbocycles. The maximum atomic E-state index is 12.5. The molecule has 2 aromatic heterocycles. The van der Waals surface area contributed by atoms with Crippen LogP contribution in [0.5, 0.6) is 5.88 Å². The quantitative estimate of drug-likeness (QED) is 0.757. The number of carbonyl (C=O) groups excluding carboxylic acids is 2. The number of amides is 2. The van der Waals surface area contributed by atoms with Gasteiger partial charge in [-0.2, -0.15) is 5.10 Å². The first kappa shape index (κ1) is 20.4. The average Bonchev–Trinajstić information content (AvgIpc) is 3.53. The SMILES string of the molecule is Cc1cc(C)n(CCC(=O)N2CCC(Oc3ccc(NC(=O)C4CC4)cn3)CC2)n1. The Morgan fingerprint density at radius 1 is 1.17 bits per heavy atom. The fourth-order valence-electron chi connectivity index (χ4n) is 3.77. The number of hydrogen-bond acceptors (Lipinski definition) is 5. The summed E-state index contributed by atoms with van der Waals surface area (Å²) in [6.45, 7) is 5.96. The van der Waals surface area contributed by atoms with E-state index in [9.17, 15) is 9.59 Å². The van der Waals surface area contributed by atoms with Crippen LogP contribution in [0.1, 0.15) is 43.5 Å². The molecule has 2 aromatic rings. The number of likely N-dealkylation sites (tertiary alicyclic amines) is 1. The smallest absolute Gasteiger partial charge is 0.227 e. The van der Waals surface area contributed by atoms with Crippen molar-refractivity contribution in [2.45, 2.75) is 58.6 Å². The summed E-state index contributed by atoms with van der Waals surface area (Å²) in [6, 6.07) is 5.63. The normalized spacial score (nSPS) is 17.1. The molecule has 0 aromatic carbocycles. The number of hydrogen-bond donors (Lipinski definition) is 1. The van der Waals surface area contributed by atoms with Crippen LogP contribution in [0.15, 0.2) is 24.4 Å². The van der Waals surface area contributed by atoms with E-state index in [1.54, 1.807) is 12.3 Å². The summed E-state index contributed by atoms with van der Waals surface area (Å²) in [6.07, 6.45) is 5.66. The molecular formula is C22H29N5O3. The van der Waals surface area contributed by atoms with Gasteiger partial charge in [0, 0.05) is 56.6 Å². The molecule has 2 fully saturated rings. The molecule has 0 radical (unpaired) electrons. The molecule has 1 saturated heterocycles. The van der Waals surface area contributed by atoms with Gasteiger partial charge in [0.15, 0.2) is 0 Å². The first-order chi connectivity index (χ1) is 14.5. The molecule has 0 unspecified atom stereocenters. The lowest BCUT2D eigenvalue weighted by Crippen LogP contribution is -2.42. The fourth-order valence-corrected chi connectivity index (χ4v) is 3.77. The predicted molar refractivity (Wildman–Crippen MR) is 112 cm³/mol. The number of carbonyl (C=O) groups is 2. The second-order valence-corrected chi connectivity index (χ2v) is 8.25. The lowest BCUT2D eigenvalue weighted by Gasteiger charge is -2.32. The van der Waals surface area contributed by atoms with Crippen LogP contribution in [0.3, 0.4) is 0 Å². The Labute approximate surface area is 176 Å². The molecule has 0 bridgehead atoms. The Morgan fingerprint density at radius 3 is 2.53 bits per heavy atom. The zero-order chi connectivity index (χ0) is 21.1. The van der Waals surface area contributed by atoms with Crippen molar-refractivity contribution in [2.24, 2.45) is 5.92 Å². The molecule has 1 aliphatic heterocycles. The third-order valence-electron chi connectivity index (χ3n) is 5.67. The minimum absolute atomic E-state index is 0.0458. The van der Waals surface area contributed by atoms with E-state index in [0.717, 1.165) is 37.1 Å². The van der Waals surface area contributed by atoms with Crippen LogP contribution in [0.25, 0.3) is 0 Å². The maximum absolute atomic E-state index is 12.5. The zero-order valence-electron chi connectivity index (χ0n) is 17.6. The predicted octanol–water partition coefficient (Wildman–Crippen LogP) is 2.70. The highest BCUT2D eigenvalue weighted by Crippen LogP contribution is 2.30. The summed E-state index contributed by atoms with van der Waals surface area (Å²) in [5.74, 6) is 0.950. The van der Waals surface area contributed by atoms with Crippen molar-refractivity contribution >= 4 is 17.5 Å². The summed E-state index contributed by atoms with van der Waals surface area (Å²) < 4.78 is 7.87. The van der Waals surface area contributed by atoms with Crippen LogP contribution in [0.2, 0.25) is 0 Å². The molecule has 8 nitrogen and oxygen atoms in total. The number of ether oxygens (including phenoxy) is 1. The molecular weight excluding hydrogens is 382 g/mol. The molecule has 1 N–H and O–H groups in total. The van der Waals surface area contributed by atoms with Crippen LogP contribution < -0.4 is 10.1 Å². The van der Waals surface area contributed by atoms with E-state index < -0.39 is 0 Å². The number of aromatic nitrogens is 3. The lowest BCUT2D eigenvalue weighted by atomic mass is 10.1. The number of pyridine rings is 1. The standard InChI is InChI=1S/C22H29N5O3/c1-15-13-16(2)27(25-15)12-9-21(28)26-10-7-19(8-11-26)30-20-6-5-18(14-23-20)24-22(29)17-3-4-17/h5-6,13-14,17,19H,3-4,7-12H2,1-2H3,(H,24,29). The van der Waals surface area contributed by atoms with E-state index in [0.29, 0.717) is 37.6 Å². The van der Waals surface area contributed by atoms with E-state index in [1.165, 1.54) is 0 Å². The van der Waals surface area contributed by atoms with Crippen LogP contribution in [-0.4, -0.2) is 50.7 Å². The van der Waals surface area contributed by atoms with Crippen molar-refractivity contribution in [3.05, 3.63) is 35.8 Å². The topological polar surface area (TPSA) is 89.4 Å². The summed E-state index contributed by atoms with van der Waals surface area (Å²) in [7, 11) is 0. The second-order valence-electron chi connectivity index (χ2n) is 8.25. The molecule has 1 saturated carbocycles. The van der Waals surface area contributed by atoms with Gasteiger partial charge >= 0.3 is 0 Å². The van der Waals surface area contributed by atoms with Gasteiger partial charge in [0.25, 0.3) is 0 Å². The molecule has 30 heavy (non-hydrogen) atoms. The highest BCUT2D eigenvalue weighted by Gasteiger charge is 2.29. The first-order valence-corrected chi connectivity index (χ1v) is 10.7. The highest BCUT2D eigenvalue weighted by molar-refractivity contribution is 5.93. The largest absolute Gasteiger partial charge is 0.474 e. The monoisotopic (exact) mass is 411 g/mol. The first-order valence-electron chi connectivity index (χ1n) is 10.7. The van der Waals surface area contributed by atoms with E-state index in [-0.39, 0.29) is 23.8 Å². The Balaban J connectivity index is 1.20. The Kier molecular flexibility index (Phi) is 6.01. The van der Waals surface area contributed by atoms with Crippen LogP contribution in [0.4, 0.5) is 5.69 Å². The number of aryl methyl sites for hydroxylation is 3. The Morgan fingerprint density at radius 2 is 1.93 bits per heavy atom. The highest BCUT2D eigenvalue weighted by atomic mass is 16.5. The van der Waals surface area contributed by atoms with Crippen molar-refractivity contribution < 1.29 is 14.3 Å². The Bertz CT molecular complexity index is 896. The summed E-state index contributed by atoms with van der Waals surface area (Å²) in [5, 5.41) is 7.29. The maximum Gasteiger partial charge on any atom is 0.227 e.